The molecule has 0 saturated carbocycles. The Hall–Kier alpha value is -4.81. The summed E-state index contributed by atoms with van der Waals surface area (Å²) >= 11 is 2.94. The van der Waals surface area contributed by atoms with Crippen LogP contribution in [0.25, 0.3) is 6.08 Å². The zero-order valence-corrected chi connectivity index (χ0v) is 32.4. The summed E-state index contributed by atoms with van der Waals surface area (Å²) in [5.41, 5.74) is 4.64. The monoisotopic (exact) mass is 808 g/mol. The van der Waals surface area contributed by atoms with Gasteiger partial charge >= 0.3 is 0 Å². The Morgan fingerprint density at radius 2 is 1.05 bits per heavy atom. The van der Waals surface area contributed by atoms with Gasteiger partial charge in [0.1, 0.15) is 24.4 Å². The van der Waals surface area contributed by atoms with Gasteiger partial charge in [0, 0.05) is 0 Å². The number of hydrogen-bond donors (Lipinski definition) is 0. The minimum absolute atomic E-state index is 0.170. The molecule has 1 fully saturated rings. The third-order valence-corrected chi connectivity index (χ3v) is 9.23. The molecule has 5 aromatic carbocycles. The first kappa shape index (κ1) is 39.9. The lowest BCUT2D eigenvalue weighted by atomic mass is 9.97. The molecule has 55 heavy (non-hydrogen) atoms. The second kappa shape index (κ2) is 20.8. The van der Waals surface area contributed by atoms with Crippen LogP contribution >= 0.6 is 15.9 Å². The second-order valence-corrected chi connectivity index (χ2v) is 13.6. The minimum atomic E-state index is -1.04. The predicted octanol–water partition coefficient (Wildman–Crippen LogP) is 8.72. The molecule has 1 aliphatic heterocycles. The summed E-state index contributed by atoms with van der Waals surface area (Å²) in [6.45, 7) is 1.38. The lowest BCUT2D eigenvalue weighted by Gasteiger charge is -2.45. The molecule has 0 aromatic heterocycles. The fraction of sp³-hybridized carbons (Fsp3) is 0.267. The fourth-order valence-electron chi connectivity index (χ4n) is 6.23. The van der Waals surface area contributed by atoms with Crippen LogP contribution in [-0.2, 0) is 54.9 Å². The van der Waals surface area contributed by atoms with Crippen LogP contribution < -0.4 is 14.2 Å². The molecule has 10 heteroatoms. The number of hydrogen-bond acceptors (Lipinski definition) is 9. The van der Waals surface area contributed by atoms with Crippen molar-refractivity contribution in [1.29, 1.82) is 0 Å². The Morgan fingerprint density at radius 3 is 1.51 bits per heavy atom. The Bertz CT molecular complexity index is 1900. The molecule has 9 nitrogen and oxygen atoms in total. The number of benzene rings is 5. The normalized spacial score (nSPS) is 19.6. The molecule has 0 N–H and O–H groups in total. The highest BCUT2D eigenvalue weighted by Gasteiger charge is 2.50. The van der Waals surface area contributed by atoms with Gasteiger partial charge in [-0.05, 0) is 62.0 Å². The average molecular weight is 810 g/mol. The lowest BCUT2D eigenvalue weighted by Crippen LogP contribution is -2.62. The third kappa shape index (κ3) is 11.6. The molecule has 5 aromatic rings. The Morgan fingerprint density at radius 1 is 0.618 bits per heavy atom. The summed E-state index contributed by atoms with van der Waals surface area (Å²) in [6, 6.07) is 43.3. The summed E-state index contributed by atoms with van der Waals surface area (Å²) in [4.78, 5) is 11.7. The van der Waals surface area contributed by atoms with Gasteiger partial charge < -0.3 is 37.9 Å². The maximum atomic E-state index is 11.7. The van der Waals surface area contributed by atoms with Crippen molar-refractivity contribution in [2.24, 2.45) is 0 Å². The van der Waals surface area contributed by atoms with Crippen molar-refractivity contribution in [1.82, 2.24) is 0 Å². The van der Waals surface area contributed by atoms with Gasteiger partial charge in [0.2, 0.25) is 16.7 Å². The van der Waals surface area contributed by atoms with E-state index in [4.69, 9.17) is 37.9 Å². The van der Waals surface area contributed by atoms with Gasteiger partial charge in [-0.3, -0.25) is 4.79 Å². The highest BCUT2D eigenvalue weighted by molar-refractivity contribution is 9.18. The standard InChI is InChI=1S/C45H45BrO9/c1-48-37-25-36(23-24-40(46)47)26-38(49-2)41(37)55-45-44(53-30-35-21-13-6-14-22-35)43(52-29-34-19-11-5-12-20-34)42(51-28-33-17-9-4-10-18-33)39(54-45)31-50-27-32-15-7-3-8-16-32/h3-26,39,42-45H,27-31H2,1-2H3/b24-23+/t39-,42-,43+,44-,45+/m1/s1. The first-order valence-corrected chi connectivity index (χ1v) is 18.8. The Kier molecular flexibility index (Phi) is 15.0. The van der Waals surface area contributed by atoms with E-state index in [2.05, 4.69) is 15.9 Å². The van der Waals surface area contributed by atoms with Gasteiger partial charge in [0.15, 0.2) is 11.5 Å². The molecule has 286 valence electrons. The van der Waals surface area contributed by atoms with E-state index < -0.39 is 30.7 Å². The van der Waals surface area contributed by atoms with E-state index in [1.165, 1.54) is 20.3 Å². The van der Waals surface area contributed by atoms with Crippen LogP contribution in [0.1, 0.15) is 27.8 Å². The molecular formula is C45H45BrO9. The van der Waals surface area contributed by atoms with E-state index in [1.54, 1.807) is 18.2 Å². The van der Waals surface area contributed by atoms with Gasteiger partial charge in [-0.15, -0.1) is 0 Å². The Labute approximate surface area is 330 Å². The van der Waals surface area contributed by atoms with Crippen LogP contribution in [0.15, 0.2) is 140 Å². The number of ether oxygens (including phenoxy) is 8. The molecule has 0 bridgehead atoms. The molecule has 1 aliphatic rings. The largest absolute Gasteiger partial charge is 0.493 e. The summed E-state index contributed by atoms with van der Waals surface area (Å²) in [7, 11) is 3.07. The van der Waals surface area contributed by atoms with Crippen molar-refractivity contribution >= 4 is 26.7 Å². The number of methoxy groups -OCH3 is 2. The number of carbonyl (C=O) groups is 1. The number of carbonyl (C=O) groups excluding carboxylic acids is 1. The van der Waals surface area contributed by atoms with Gasteiger partial charge in [-0.25, -0.2) is 0 Å². The fourth-order valence-corrected chi connectivity index (χ4v) is 6.36. The van der Waals surface area contributed by atoms with E-state index in [0.717, 1.165) is 22.3 Å². The molecule has 0 unspecified atom stereocenters. The zero-order valence-electron chi connectivity index (χ0n) is 30.8. The number of halogens is 1. The van der Waals surface area contributed by atoms with E-state index in [1.807, 2.05) is 121 Å². The van der Waals surface area contributed by atoms with Gasteiger partial charge in [-0.2, -0.15) is 0 Å². The summed E-state index contributed by atoms with van der Waals surface area (Å²) in [6.07, 6.45) is -0.791. The van der Waals surface area contributed by atoms with Crippen molar-refractivity contribution in [3.8, 4) is 17.2 Å². The molecule has 5 atom stereocenters. The van der Waals surface area contributed by atoms with Crippen LogP contribution in [-0.4, -0.2) is 56.2 Å². The SMILES string of the molecule is COc1cc(/C=C/C(=O)Br)cc(OC)c1O[C@@H]1O[C@H](COCc2ccccc2)[C@@H](OCc2ccccc2)[C@H](OCc2ccccc2)[C@H]1OCc1ccccc1. The van der Waals surface area contributed by atoms with Crippen LogP contribution in [0.5, 0.6) is 17.2 Å². The van der Waals surface area contributed by atoms with Gasteiger partial charge in [0.25, 0.3) is 0 Å². The minimum Gasteiger partial charge on any atom is -0.493 e. The number of allylic oxidation sites excluding steroid dienone is 1. The van der Waals surface area contributed by atoms with Crippen LogP contribution in [0.3, 0.4) is 0 Å². The van der Waals surface area contributed by atoms with E-state index in [-0.39, 0.29) is 24.5 Å². The maximum Gasteiger partial charge on any atom is 0.229 e. The van der Waals surface area contributed by atoms with Crippen LogP contribution in [0, 0.1) is 0 Å². The molecule has 0 radical (unpaired) electrons. The molecule has 0 spiro atoms. The zero-order chi connectivity index (χ0) is 38.2. The van der Waals surface area contributed by atoms with Crippen molar-refractivity contribution in [2.45, 2.75) is 57.1 Å². The quantitative estimate of drug-likeness (QED) is 0.0601. The van der Waals surface area contributed by atoms with E-state index in [0.29, 0.717) is 36.0 Å². The van der Waals surface area contributed by atoms with Crippen molar-refractivity contribution in [3.63, 3.8) is 0 Å². The van der Waals surface area contributed by atoms with Crippen molar-refractivity contribution in [3.05, 3.63) is 167 Å². The topological polar surface area (TPSA) is 90.9 Å². The van der Waals surface area contributed by atoms with Gasteiger partial charge in [0.05, 0.1) is 47.3 Å². The highest BCUT2D eigenvalue weighted by atomic mass is 79.9. The van der Waals surface area contributed by atoms with E-state index >= 15 is 0 Å². The third-order valence-electron chi connectivity index (χ3n) is 8.96. The van der Waals surface area contributed by atoms with Crippen LogP contribution in [0.2, 0.25) is 0 Å². The summed E-state index contributed by atoms with van der Waals surface area (Å²) < 4.78 is 51.7. The average Bonchev–Trinajstić information content (AvgIpc) is 3.23. The summed E-state index contributed by atoms with van der Waals surface area (Å²) in [5.74, 6) is 1.03. The predicted molar refractivity (Wildman–Crippen MR) is 213 cm³/mol. The van der Waals surface area contributed by atoms with Crippen molar-refractivity contribution in [2.75, 3.05) is 20.8 Å². The Balaban J connectivity index is 1.39. The van der Waals surface area contributed by atoms with Gasteiger partial charge in [-0.1, -0.05) is 127 Å². The summed E-state index contributed by atoms with van der Waals surface area (Å²) in [5, 5.41) is 0. The second-order valence-electron chi connectivity index (χ2n) is 12.8. The van der Waals surface area contributed by atoms with E-state index in [9.17, 15) is 4.79 Å². The molecule has 1 heterocycles. The lowest BCUT2D eigenvalue weighted by molar-refractivity contribution is -0.310. The maximum absolute atomic E-state index is 11.7. The highest BCUT2D eigenvalue weighted by Crippen LogP contribution is 2.42. The molecule has 0 aliphatic carbocycles. The molecule has 0 amide bonds. The first-order chi connectivity index (χ1) is 27.0. The van der Waals surface area contributed by atoms with Crippen molar-refractivity contribution < 1.29 is 42.7 Å². The smallest absolute Gasteiger partial charge is 0.229 e. The molecule has 1 saturated heterocycles. The molecule has 6 rings (SSSR count). The number of rotatable bonds is 19. The first-order valence-electron chi connectivity index (χ1n) is 18.0. The molecular weight excluding hydrogens is 764 g/mol. The van der Waals surface area contributed by atoms with Crippen LogP contribution in [0.4, 0.5) is 0 Å².